The molecule has 4 atom stereocenters. The van der Waals surface area contributed by atoms with Gasteiger partial charge in [-0.1, -0.05) is 271 Å². The van der Waals surface area contributed by atoms with E-state index in [1.807, 2.05) is 0 Å². The highest BCUT2D eigenvalue weighted by atomic mass is 16.3. The molecule has 0 saturated carbocycles. The van der Waals surface area contributed by atoms with E-state index in [0.29, 0.717) is 12.8 Å². The highest BCUT2D eigenvalue weighted by Gasteiger charge is 2.28. The van der Waals surface area contributed by atoms with E-state index in [4.69, 9.17) is 0 Å². The van der Waals surface area contributed by atoms with Crippen molar-refractivity contribution in [1.82, 2.24) is 5.32 Å². The summed E-state index contributed by atoms with van der Waals surface area (Å²) >= 11 is 0. The molecule has 6 heteroatoms. The number of hydrogen-bond acceptors (Lipinski definition) is 5. The predicted octanol–water partition coefficient (Wildman–Crippen LogP) is 14.0. The second kappa shape index (κ2) is 45.4. The van der Waals surface area contributed by atoms with Gasteiger partial charge in [-0.3, -0.25) is 4.79 Å². The van der Waals surface area contributed by atoms with Crippen molar-refractivity contribution in [2.24, 2.45) is 0 Å². The van der Waals surface area contributed by atoms with Gasteiger partial charge < -0.3 is 25.7 Å². The molecule has 0 fully saturated rings. The van der Waals surface area contributed by atoms with E-state index in [1.165, 1.54) is 218 Å². The summed E-state index contributed by atoms with van der Waals surface area (Å²) in [6, 6.07) is -0.979. The van der Waals surface area contributed by atoms with Crippen molar-refractivity contribution in [1.29, 1.82) is 0 Å². The number of carbonyl (C=O) groups excluding carboxylic acids is 1. The lowest BCUT2D eigenvalue weighted by Crippen LogP contribution is -2.53. The maximum absolute atomic E-state index is 12.6. The Bertz CT molecular complexity index is 766. The average molecular weight is 796 g/mol. The Morgan fingerprint density at radius 3 is 0.857 bits per heavy atom. The zero-order valence-corrected chi connectivity index (χ0v) is 37.9. The molecule has 0 rings (SSSR count). The van der Waals surface area contributed by atoms with Crippen molar-refractivity contribution >= 4 is 5.91 Å². The summed E-state index contributed by atoms with van der Waals surface area (Å²) in [4.78, 5) is 12.6. The first-order valence-electron chi connectivity index (χ1n) is 25.4. The van der Waals surface area contributed by atoms with Crippen LogP contribution in [0, 0.1) is 0 Å². The first-order valence-corrected chi connectivity index (χ1v) is 25.4. The Morgan fingerprint density at radius 1 is 0.375 bits per heavy atom. The van der Waals surface area contributed by atoms with E-state index in [-0.39, 0.29) is 0 Å². The van der Waals surface area contributed by atoms with Crippen LogP contribution in [-0.4, -0.2) is 57.3 Å². The maximum Gasteiger partial charge on any atom is 0.249 e. The van der Waals surface area contributed by atoms with Gasteiger partial charge in [-0.2, -0.15) is 0 Å². The van der Waals surface area contributed by atoms with E-state index in [2.05, 4.69) is 19.2 Å². The molecule has 0 aliphatic heterocycles. The van der Waals surface area contributed by atoms with Gasteiger partial charge in [-0.25, -0.2) is 0 Å². The lowest BCUT2D eigenvalue weighted by molar-refractivity contribution is -0.132. The molecule has 0 radical (unpaired) electrons. The lowest BCUT2D eigenvalue weighted by Gasteiger charge is -2.27. The Balaban J connectivity index is 3.62. The summed E-state index contributed by atoms with van der Waals surface area (Å²) in [5, 5.41) is 43.9. The van der Waals surface area contributed by atoms with Gasteiger partial charge in [0, 0.05) is 0 Å². The molecule has 0 aliphatic carbocycles. The van der Waals surface area contributed by atoms with Crippen LogP contribution >= 0.6 is 0 Å². The summed E-state index contributed by atoms with van der Waals surface area (Å²) in [5.74, 6) is -0.577. The minimum Gasteiger partial charge on any atom is -0.394 e. The van der Waals surface area contributed by atoms with Crippen LogP contribution in [0.25, 0.3) is 0 Å². The molecule has 0 aromatic heterocycles. The number of unbranched alkanes of at least 4 members (excludes halogenated alkanes) is 38. The predicted molar refractivity (Wildman–Crippen MR) is 242 cm³/mol. The zero-order chi connectivity index (χ0) is 41.0. The molecule has 0 bridgehead atoms. The SMILES string of the molecule is CCCCCCCCCCCCCCCCCCCCCCCCCC(O)C(=O)NC(CO)C(O)C(O)CCCCCCCCCCCCCCCCCCC. The maximum atomic E-state index is 12.6. The summed E-state index contributed by atoms with van der Waals surface area (Å²) < 4.78 is 0. The van der Waals surface area contributed by atoms with Crippen molar-refractivity contribution in [2.75, 3.05) is 6.61 Å². The number of hydrogen-bond donors (Lipinski definition) is 5. The summed E-state index contributed by atoms with van der Waals surface area (Å²) in [6.45, 7) is 4.09. The fourth-order valence-electron chi connectivity index (χ4n) is 8.29. The van der Waals surface area contributed by atoms with Crippen LogP contribution in [0.15, 0.2) is 0 Å². The van der Waals surface area contributed by atoms with Crippen LogP contribution in [-0.2, 0) is 4.79 Å². The number of rotatable bonds is 47. The molecule has 56 heavy (non-hydrogen) atoms. The van der Waals surface area contributed by atoms with Gasteiger partial charge in [0.1, 0.15) is 12.2 Å². The summed E-state index contributed by atoms with van der Waals surface area (Å²) in [7, 11) is 0. The first-order chi connectivity index (χ1) is 27.5. The summed E-state index contributed by atoms with van der Waals surface area (Å²) in [5.41, 5.74) is 0. The number of aliphatic hydroxyl groups excluding tert-OH is 4. The molecule has 0 spiro atoms. The lowest BCUT2D eigenvalue weighted by atomic mass is 9.99. The Kier molecular flexibility index (Phi) is 44.8. The van der Waals surface area contributed by atoms with E-state index < -0.39 is 36.9 Å². The third kappa shape index (κ3) is 38.8. The molecule has 5 N–H and O–H groups in total. The van der Waals surface area contributed by atoms with Crippen LogP contribution in [0.2, 0.25) is 0 Å². The van der Waals surface area contributed by atoms with E-state index in [0.717, 1.165) is 38.5 Å². The molecular formula is C50H101NO5. The van der Waals surface area contributed by atoms with Crippen molar-refractivity contribution < 1.29 is 25.2 Å². The second-order valence-corrected chi connectivity index (χ2v) is 17.9. The largest absolute Gasteiger partial charge is 0.394 e. The third-order valence-corrected chi connectivity index (χ3v) is 12.3. The Morgan fingerprint density at radius 2 is 0.607 bits per heavy atom. The van der Waals surface area contributed by atoms with Crippen LogP contribution in [0.3, 0.4) is 0 Å². The minimum absolute atomic E-state index is 0.376. The van der Waals surface area contributed by atoms with Gasteiger partial charge >= 0.3 is 0 Å². The fourth-order valence-corrected chi connectivity index (χ4v) is 8.29. The molecule has 0 aromatic rings. The molecule has 4 unspecified atom stereocenters. The quantitative estimate of drug-likeness (QED) is 0.0394. The first kappa shape index (κ1) is 55.3. The fraction of sp³-hybridized carbons (Fsp3) is 0.980. The van der Waals surface area contributed by atoms with Crippen molar-refractivity contribution in [2.45, 2.75) is 308 Å². The van der Waals surface area contributed by atoms with Crippen molar-refractivity contribution in [3.63, 3.8) is 0 Å². The van der Waals surface area contributed by atoms with Gasteiger partial charge in [0.2, 0.25) is 5.91 Å². The number of aliphatic hydroxyl groups is 4. The smallest absolute Gasteiger partial charge is 0.249 e. The van der Waals surface area contributed by atoms with E-state index >= 15 is 0 Å². The van der Waals surface area contributed by atoms with Gasteiger partial charge in [-0.15, -0.1) is 0 Å². The second-order valence-electron chi connectivity index (χ2n) is 17.9. The van der Waals surface area contributed by atoms with E-state index in [1.54, 1.807) is 0 Å². The highest BCUT2D eigenvalue weighted by molar-refractivity contribution is 5.80. The number of carbonyl (C=O) groups is 1. The monoisotopic (exact) mass is 796 g/mol. The standard InChI is InChI=1S/C50H101NO5/c1-3-5-7-9-11-13-15-17-19-21-22-23-24-25-26-28-30-32-34-36-38-40-42-44-48(54)50(56)51-46(45-52)49(55)47(53)43-41-39-37-35-33-31-29-27-20-18-16-14-12-10-8-6-4-2/h46-49,52-55H,3-45H2,1-2H3,(H,51,56). The number of nitrogens with one attached hydrogen (secondary N) is 1. The van der Waals surface area contributed by atoms with Crippen molar-refractivity contribution in [3.8, 4) is 0 Å². The molecule has 0 aliphatic rings. The van der Waals surface area contributed by atoms with Gasteiger partial charge in [0.05, 0.1) is 18.8 Å². The topological polar surface area (TPSA) is 110 Å². The molecule has 0 heterocycles. The Labute approximate surface area is 350 Å². The van der Waals surface area contributed by atoms with E-state index in [9.17, 15) is 25.2 Å². The Hall–Kier alpha value is -0.690. The normalized spacial score (nSPS) is 13.9. The van der Waals surface area contributed by atoms with Crippen LogP contribution < -0.4 is 5.32 Å². The molecule has 6 nitrogen and oxygen atoms in total. The van der Waals surface area contributed by atoms with Crippen LogP contribution in [0.4, 0.5) is 0 Å². The third-order valence-electron chi connectivity index (χ3n) is 12.3. The van der Waals surface area contributed by atoms with Crippen molar-refractivity contribution in [3.05, 3.63) is 0 Å². The average Bonchev–Trinajstić information content (AvgIpc) is 3.20. The molecule has 336 valence electrons. The minimum atomic E-state index is -1.25. The molecule has 0 aromatic carbocycles. The number of amides is 1. The van der Waals surface area contributed by atoms with Crippen LogP contribution in [0.1, 0.15) is 284 Å². The molecule has 1 amide bonds. The van der Waals surface area contributed by atoms with Gasteiger partial charge in [-0.05, 0) is 12.8 Å². The van der Waals surface area contributed by atoms with Gasteiger partial charge in [0.25, 0.3) is 0 Å². The molecular weight excluding hydrogens is 695 g/mol. The zero-order valence-electron chi connectivity index (χ0n) is 37.9. The summed E-state index contributed by atoms with van der Waals surface area (Å²) in [6.07, 6.45) is 50.0. The molecule has 0 saturated heterocycles. The van der Waals surface area contributed by atoms with Crippen LogP contribution in [0.5, 0.6) is 0 Å². The highest BCUT2D eigenvalue weighted by Crippen LogP contribution is 2.18. The van der Waals surface area contributed by atoms with Gasteiger partial charge in [0.15, 0.2) is 0 Å².